The SMILES string of the molecule is CC(=O)N1CCOC[C@]2(CCCN(Cc3cccc(C)n3)C2)C1. The van der Waals surface area contributed by atoms with E-state index in [9.17, 15) is 4.79 Å². The van der Waals surface area contributed by atoms with Gasteiger partial charge >= 0.3 is 0 Å². The van der Waals surface area contributed by atoms with Crippen molar-refractivity contribution in [2.45, 2.75) is 33.2 Å². The molecule has 0 radical (unpaired) electrons. The Morgan fingerprint density at radius 2 is 2.22 bits per heavy atom. The standard InChI is InChI=1S/C18H27N3O2/c1-15-5-3-6-17(19-15)11-20-8-4-7-18(12-20)13-21(16(2)22)9-10-23-14-18/h3,5-6H,4,7-14H2,1-2H3/t18-/m0/s1. The first-order valence-electron chi connectivity index (χ1n) is 8.55. The lowest BCUT2D eigenvalue weighted by Crippen LogP contribution is -2.51. The zero-order valence-corrected chi connectivity index (χ0v) is 14.3. The monoisotopic (exact) mass is 317 g/mol. The topological polar surface area (TPSA) is 45.7 Å². The molecular formula is C18H27N3O2. The van der Waals surface area contributed by atoms with Crippen molar-refractivity contribution in [3.63, 3.8) is 0 Å². The van der Waals surface area contributed by atoms with Crippen molar-refractivity contribution in [3.05, 3.63) is 29.6 Å². The first-order chi connectivity index (χ1) is 11.1. The molecule has 126 valence electrons. The highest BCUT2D eigenvalue weighted by Crippen LogP contribution is 2.33. The van der Waals surface area contributed by atoms with Gasteiger partial charge in [-0.05, 0) is 38.4 Å². The van der Waals surface area contributed by atoms with Crippen LogP contribution in [0.15, 0.2) is 18.2 Å². The largest absolute Gasteiger partial charge is 0.379 e. The fourth-order valence-electron chi connectivity index (χ4n) is 3.87. The van der Waals surface area contributed by atoms with E-state index in [4.69, 9.17) is 4.74 Å². The van der Waals surface area contributed by atoms with Gasteiger partial charge in [0.25, 0.3) is 0 Å². The van der Waals surface area contributed by atoms with E-state index >= 15 is 0 Å². The van der Waals surface area contributed by atoms with Crippen LogP contribution in [0, 0.1) is 12.3 Å². The molecule has 3 heterocycles. The van der Waals surface area contributed by atoms with Crippen molar-refractivity contribution in [2.75, 3.05) is 39.4 Å². The van der Waals surface area contributed by atoms with Crippen LogP contribution in [-0.2, 0) is 16.1 Å². The molecule has 5 nitrogen and oxygen atoms in total. The van der Waals surface area contributed by atoms with E-state index in [1.165, 1.54) is 0 Å². The summed E-state index contributed by atoms with van der Waals surface area (Å²) in [5.74, 6) is 0.160. The van der Waals surface area contributed by atoms with Gasteiger partial charge in [-0.1, -0.05) is 6.07 Å². The van der Waals surface area contributed by atoms with E-state index in [1.807, 2.05) is 17.9 Å². The molecule has 1 spiro atoms. The molecule has 0 N–H and O–H groups in total. The van der Waals surface area contributed by atoms with Crippen LogP contribution in [0.5, 0.6) is 0 Å². The second-order valence-electron chi connectivity index (χ2n) is 7.08. The quantitative estimate of drug-likeness (QED) is 0.835. The van der Waals surface area contributed by atoms with Crippen molar-refractivity contribution >= 4 is 5.91 Å². The number of nitrogens with zero attached hydrogens (tertiary/aromatic N) is 3. The van der Waals surface area contributed by atoms with Crippen LogP contribution in [0.2, 0.25) is 0 Å². The fourth-order valence-corrected chi connectivity index (χ4v) is 3.87. The molecule has 1 amide bonds. The van der Waals surface area contributed by atoms with E-state index in [0.29, 0.717) is 6.61 Å². The van der Waals surface area contributed by atoms with Crippen molar-refractivity contribution in [2.24, 2.45) is 5.41 Å². The maximum absolute atomic E-state index is 11.8. The summed E-state index contributed by atoms with van der Waals surface area (Å²) in [5.41, 5.74) is 2.26. The summed E-state index contributed by atoms with van der Waals surface area (Å²) in [5, 5.41) is 0. The summed E-state index contributed by atoms with van der Waals surface area (Å²) in [6.45, 7) is 9.60. The van der Waals surface area contributed by atoms with Crippen LogP contribution in [-0.4, -0.2) is 60.1 Å². The first kappa shape index (κ1) is 16.4. The normalized spacial score (nSPS) is 26.3. The molecule has 0 aliphatic carbocycles. The number of pyridine rings is 1. The number of hydrogen-bond donors (Lipinski definition) is 0. The van der Waals surface area contributed by atoms with Gasteiger partial charge in [0.15, 0.2) is 0 Å². The number of ether oxygens (including phenoxy) is 1. The summed E-state index contributed by atoms with van der Waals surface area (Å²) in [6, 6.07) is 6.20. The van der Waals surface area contributed by atoms with Crippen LogP contribution < -0.4 is 0 Å². The molecule has 5 heteroatoms. The van der Waals surface area contributed by atoms with E-state index in [0.717, 1.165) is 63.6 Å². The van der Waals surface area contributed by atoms with Gasteiger partial charge in [0.2, 0.25) is 5.91 Å². The lowest BCUT2D eigenvalue weighted by atomic mass is 9.80. The first-order valence-corrected chi connectivity index (χ1v) is 8.55. The van der Waals surface area contributed by atoms with E-state index in [1.54, 1.807) is 6.92 Å². The van der Waals surface area contributed by atoms with Crippen LogP contribution >= 0.6 is 0 Å². The van der Waals surface area contributed by atoms with Gasteiger partial charge in [-0.2, -0.15) is 0 Å². The minimum absolute atomic E-state index is 0.0737. The molecule has 2 aliphatic heterocycles. The highest BCUT2D eigenvalue weighted by molar-refractivity contribution is 5.73. The molecule has 1 aromatic rings. The van der Waals surface area contributed by atoms with Crippen molar-refractivity contribution < 1.29 is 9.53 Å². The average Bonchev–Trinajstić information content (AvgIpc) is 2.70. The Kier molecular flexibility index (Phi) is 4.97. The number of rotatable bonds is 2. The van der Waals surface area contributed by atoms with Crippen LogP contribution in [0.1, 0.15) is 31.2 Å². The minimum atomic E-state index is 0.0737. The zero-order valence-electron chi connectivity index (χ0n) is 14.3. The predicted molar refractivity (Wildman–Crippen MR) is 89.0 cm³/mol. The fraction of sp³-hybridized carbons (Fsp3) is 0.667. The lowest BCUT2D eigenvalue weighted by molar-refractivity contribution is -0.130. The Hall–Kier alpha value is -1.46. The maximum atomic E-state index is 11.8. The van der Waals surface area contributed by atoms with Gasteiger partial charge in [0.1, 0.15) is 0 Å². The molecule has 0 saturated carbocycles. The van der Waals surface area contributed by atoms with Crippen molar-refractivity contribution in [3.8, 4) is 0 Å². The number of aromatic nitrogens is 1. The summed E-state index contributed by atoms with van der Waals surface area (Å²) in [6.07, 6.45) is 2.29. The molecular weight excluding hydrogens is 290 g/mol. The van der Waals surface area contributed by atoms with Crippen molar-refractivity contribution in [1.82, 2.24) is 14.8 Å². The number of piperidine rings is 1. The van der Waals surface area contributed by atoms with Crippen LogP contribution in [0.25, 0.3) is 0 Å². The molecule has 0 unspecified atom stereocenters. The number of amides is 1. The van der Waals surface area contributed by atoms with E-state index in [2.05, 4.69) is 22.0 Å². The van der Waals surface area contributed by atoms with Gasteiger partial charge in [-0.3, -0.25) is 14.7 Å². The number of carbonyl (C=O) groups excluding carboxylic acids is 1. The molecule has 0 bridgehead atoms. The van der Waals surface area contributed by atoms with Gasteiger partial charge in [0.05, 0.1) is 18.9 Å². The van der Waals surface area contributed by atoms with Gasteiger partial charge < -0.3 is 9.64 Å². The maximum Gasteiger partial charge on any atom is 0.219 e. The summed E-state index contributed by atoms with van der Waals surface area (Å²) in [7, 11) is 0. The van der Waals surface area contributed by atoms with Crippen molar-refractivity contribution in [1.29, 1.82) is 0 Å². The van der Waals surface area contributed by atoms with Gasteiger partial charge in [-0.25, -0.2) is 0 Å². The Bertz CT molecular complexity index is 563. The molecule has 0 aromatic carbocycles. The lowest BCUT2D eigenvalue weighted by Gasteiger charge is -2.43. The third-order valence-electron chi connectivity index (χ3n) is 4.96. The minimum Gasteiger partial charge on any atom is -0.379 e. The summed E-state index contributed by atoms with van der Waals surface area (Å²) >= 11 is 0. The smallest absolute Gasteiger partial charge is 0.219 e. The van der Waals surface area contributed by atoms with E-state index < -0.39 is 0 Å². The van der Waals surface area contributed by atoms with Crippen LogP contribution in [0.3, 0.4) is 0 Å². The number of likely N-dealkylation sites (tertiary alicyclic amines) is 1. The molecule has 3 rings (SSSR count). The predicted octanol–water partition coefficient (Wildman–Crippen LogP) is 1.85. The number of hydrogen-bond acceptors (Lipinski definition) is 4. The molecule has 1 atom stereocenters. The molecule has 2 aliphatic rings. The Balaban J connectivity index is 1.70. The third-order valence-corrected chi connectivity index (χ3v) is 4.96. The number of carbonyl (C=O) groups is 1. The third kappa shape index (κ3) is 4.09. The molecule has 2 fully saturated rings. The average molecular weight is 317 g/mol. The van der Waals surface area contributed by atoms with Crippen LogP contribution in [0.4, 0.5) is 0 Å². The van der Waals surface area contributed by atoms with Gasteiger partial charge in [-0.15, -0.1) is 0 Å². The van der Waals surface area contributed by atoms with Gasteiger partial charge in [0, 0.05) is 44.2 Å². The molecule has 23 heavy (non-hydrogen) atoms. The van der Waals surface area contributed by atoms with E-state index in [-0.39, 0.29) is 11.3 Å². The summed E-state index contributed by atoms with van der Waals surface area (Å²) in [4.78, 5) is 20.9. The Morgan fingerprint density at radius 1 is 1.35 bits per heavy atom. The zero-order chi connectivity index (χ0) is 16.3. The highest BCUT2D eigenvalue weighted by Gasteiger charge is 2.39. The molecule has 1 aromatic heterocycles. The Labute approximate surface area is 138 Å². The summed E-state index contributed by atoms with van der Waals surface area (Å²) < 4.78 is 5.85. The molecule has 2 saturated heterocycles. The Morgan fingerprint density at radius 3 is 3.00 bits per heavy atom. The highest BCUT2D eigenvalue weighted by atomic mass is 16.5. The number of aryl methyl sites for hydroxylation is 1. The second-order valence-corrected chi connectivity index (χ2v) is 7.08. The second kappa shape index (κ2) is 6.97.